The Morgan fingerprint density at radius 2 is 1.46 bits per heavy atom. The maximum Gasteiger partial charge on any atom is 0.266 e. The minimum absolute atomic E-state index is 0.0679. The van der Waals surface area contributed by atoms with Crippen LogP contribution < -0.4 is 5.56 Å². The smallest absolute Gasteiger partial charge is 0.266 e. The Balaban J connectivity index is 1.93. The molecule has 168 valence electrons. The van der Waals surface area contributed by atoms with Crippen molar-refractivity contribution in [1.29, 1.82) is 0 Å². The summed E-state index contributed by atoms with van der Waals surface area (Å²) in [5, 5.41) is 1.56. The molecule has 0 aliphatic rings. The van der Waals surface area contributed by atoms with Gasteiger partial charge in [0.2, 0.25) is 0 Å². The number of aromatic nitrogens is 2. The summed E-state index contributed by atoms with van der Waals surface area (Å²) in [7, 11) is 0. The highest BCUT2D eigenvalue weighted by molar-refractivity contribution is 6.04. The SMILES string of the molecule is Cc1ccc2cccnc2c1-n1c(-c2ccccc2)c(-c2ccccc2)c2cccc(F)c2c1=O. The second kappa shape index (κ2) is 8.33. The molecule has 4 heteroatoms. The minimum Gasteiger partial charge on any atom is -0.273 e. The van der Waals surface area contributed by atoms with Gasteiger partial charge in [-0.25, -0.2) is 4.39 Å². The Hall–Kier alpha value is -4.57. The molecule has 0 aliphatic heterocycles. The Labute approximate surface area is 201 Å². The van der Waals surface area contributed by atoms with Gasteiger partial charge >= 0.3 is 0 Å². The fourth-order valence-corrected chi connectivity index (χ4v) is 4.90. The van der Waals surface area contributed by atoms with E-state index in [2.05, 4.69) is 4.98 Å². The molecule has 0 radical (unpaired) electrons. The number of nitrogens with zero attached hydrogens (tertiary/aromatic N) is 2. The third-order valence-electron chi connectivity index (χ3n) is 6.44. The zero-order chi connectivity index (χ0) is 23.9. The molecular formula is C31H21FN2O. The molecule has 0 amide bonds. The molecular weight excluding hydrogens is 435 g/mol. The number of benzene rings is 4. The van der Waals surface area contributed by atoms with E-state index in [1.54, 1.807) is 16.8 Å². The Kier molecular flexibility index (Phi) is 5.00. The summed E-state index contributed by atoms with van der Waals surface area (Å²) in [6.07, 6.45) is 1.72. The number of rotatable bonds is 3. The van der Waals surface area contributed by atoms with E-state index in [4.69, 9.17) is 0 Å². The van der Waals surface area contributed by atoms with Crippen LogP contribution in [0.3, 0.4) is 0 Å². The predicted molar refractivity (Wildman–Crippen MR) is 140 cm³/mol. The van der Waals surface area contributed by atoms with Gasteiger partial charge in [0.25, 0.3) is 5.56 Å². The van der Waals surface area contributed by atoms with Gasteiger partial charge in [-0.1, -0.05) is 91.0 Å². The van der Waals surface area contributed by atoms with E-state index in [0.717, 1.165) is 27.6 Å². The van der Waals surface area contributed by atoms with Crippen LogP contribution in [0.15, 0.2) is 114 Å². The van der Waals surface area contributed by atoms with Crippen LogP contribution in [-0.4, -0.2) is 9.55 Å². The molecule has 2 heterocycles. The molecule has 2 aromatic heterocycles. The molecule has 0 spiro atoms. The Morgan fingerprint density at radius 3 is 2.20 bits per heavy atom. The maximum atomic E-state index is 15.4. The van der Waals surface area contributed by atoms with Crippen LogP contribution in [0, 0.1) is 12.7 Å². The van der Waals surface area contributed by atoms with Crippen molar-refractivity contribution in [3.05, 3.63) is 131 Å². The van der Waals surface area contributed by atoms with Crippen LogP contribution in [0.4, 0.5) is 4.39 Å². The molecule has 0 N–H and O–H groups in total. The summed E-state index contributed by atoms with van der Waals surface area (Å²) < 4.78 is 17.0. The van der Waals surface area contributed by atoms with Gasteiger partial charge in [0.05, 0.1) is 22.3 Å². The van der Waals surface area contributed by atoms with E-state index in [0.29, 0.717) is 22.3 Å². The molecule has 4 aromatic carbocycles. The van der Waals surface area contributed by atoms with E-state index in [1.807, 2.05) is 97.9 Å². The van der Waals surface area contributed by atoms with Crippen LogP contribution in [0.2, 0.25) is 0 Å². The predicted octanol–water partition coefficient (Wildman–Crippen LogP) is 7.32. The highest BCUT2D eigenvalue weighted by Gasteiger charge is 2.24. The first kappa shape index (κ1) is 21.0. The lowest BCUT2D eigenvalue weighted by Crippen LogP contribution is -2.23. The van der Waals surface area contributed by atoms with E-state index in [-0.39, 0.29) is 5.39 Å². The molecule has 0 unspecified atom stereocenters. The van der Waals surface area contributed by atoms with Crippen molar-refractivity contribution in [2.24, 2.45) is 0 Å². The summed E-state index contributed by atoms with van der Waals surface area (Å²) in [4.78, 5) is 18.9. The Morgan fingerprint density at radius 1 is 0.743 bits per heavy atom. The normalized spacial score (nSPS) is 11.3. The van der Waals surface area contributed by atoms with Gasteiger partial charge in [-0.2, -0.15) is 0 Å². The molecule has 0 saturated heterocycles. The first-order valence-electron chi connectivity index (χ1n) is 11.5. The van der Waals surface area contributed by atoms with Crippen molar-refractivity contribution in [2.75, 3.05) is 0 Å². The molecule has 0 aliphatic carbocycles. The van der Waals surface area contributed by atoms with Gasteiger partial charge in [0, 0.05) is 22.5 Å². The third kappa shape index (κ3) is 3.34. The number of aryl methyl sites for hydroxylation is 1. The van der Waals surface area contributed by atoms with Crippen molar-refractivity contribution in [2.45, 2.75) is 6.92 Å². The van der Waals surface area contributed by atoms with E-state index in [1.165, 1.54) is 6.07 Å². The van der Waals surface area contributed by atoms with Gasteiger partial charge in [-0.05, 0) is 35.7 Å². The molecule has 35 heavy (non-hydrogen) atoms. The molecule has 0 bridgehead atoms. The van der Waals surface area contributed by atoms with Crippen LogP contribution in [-0.2, 0) is 0 Å². The number of hydrogen-bond donors (Lipinski definition) is 0. The van der Waals surface area contributed by atoms with E-state index in [9.17, 15) is 4.79 Å². The average Bonchev–Trinajstić information content (AvgIpc) is 2.90. The van der Waals surface area contributed by atoms with Crippen LogP contribution in [0.1, 0.15) is 5.56 Å². The highest BCUT2D eigenvalue weighted by atomic mass is 19.1. The summed E-state index contributed by atoms with van der Waals surface area (Å²) in [6, 6.07) is 32.3. The summed E-state index contributed by atoms with van der Waals surface area (Å²) in [5.74, 6) is -0.538. The van der Waals surface area contributed by atoms with Crippen LogP contribution in [0.25, 0.3) is 49.7 Å². The molecule has 6 rings (SSSR count). The second-order valence-electron chi connectivity index (χ2n) is 8.56. The first-order chi connectivity index (χ1) is 17.1. The number of halogens is 1. The van der Waals surface area contributed by atoms with Crippen molar-refractivity contribution < 1.29 is 4.39 Å². The fraction of sp³-hybridized carbons (Fsp3) is 0.0323. The monoisotopic (exact) mass is 456 g/mol. The maximum absolute atomic E-state index is 15.4. The average molecular weight is 457 g/mol. The van der Waals surface area contributed by atoms with Gasteiger partial charge in [0.1, 0.15) is 5.82 Å². The van der Waals surface area contributed by atoms with Gasteiger partial charge in [-0.15, -0.1) is 0 Å². The Bertz CT molecular complexity index is 1770. The largest absolute Gasteiger partial charge is 0.273 e. The van der Waals surface area contributed by atoms with Crippen LogP contribution in [0.5, 0.6) is 0 Å². The molecule has 0 atom stereocenters. The van der Waals surface area contributed by atoms with Gasteiger partial charge in [0.15, 0.2) is 0 Å². The molecule has 3 nitrogen and oxygen atoms in total. The lowest BCUT2D eigenvalue weighted by molar-refractivity contribution is 0.638. The standard InChI is InChI=1S/C31H21FN2O/c1-20-17-18-22-14-9-19-33-28(22)29(20)34-30(23-12-6-3-7-13-23)26(21-10-4-2-5-11-21)24-15-8-16-25(32)27(24)31(34)35/h2-19H,1H3. The zero-order valence-electron chi connectivity index (χ0n) is 19.1. The van der Waals surface area contributed by atoms with Crippen molar-refractivity contribution in [1.82, 2.24) is 9.55 Å². The summed E-state index contributed by atoms with van der Waals surface area (Å²) in [5.41, 5.74) is 5.11. The van der Waals surface area contributed by atoms with Crippen molar-refractivity contribution >= 4 is 21.7 Å². The summed E-state index contributed by atoms with van der Waals surface area (Å²) in [6.45, 7) is 1.96. The molecule has 0 fully saturated rings. The first-order valence-corrected chi connectivity index (χ1v) is 11.5. The van der Waals surface area contributed by atoms with Crippen LogP contribution >= 0.6 is 0 Å². The minimum atomic E-state index is -0.538. The second-order valence-corrected chi connectivity index (χ2v) is 8.56. The van der Waals surface area contributed by atoms with E-state index >= 15 is 4.39 Å². The highest BCUT2D eigenvalue weighted by Crippen LogP contribution is 2.39. The number of pyridine rings is 2. The zero-order valence-corrected chi connectivity index (χ0v) is 19.1. The lowest BCUT2D eigenvalue weighted by atomic mass is 9.92. The number of hydrogen-bond acceptors (Lipinski definition) is 2. The number of fused-ring (bicyclic) bond motifs is 2. The fourth-order valence-electron chi connectivity index (χ4n) is 4.90. The molecule has 6 aromatic rings. The van der Waals surface area contributed by atoms with E-state index < -0.39 is 11.4 Å². The van der Waals surface area contributed by atoms with Crippen molar-refractivity contribution in [3.8, 4) is 28.1 Å². The van der Waals surface area contributed by atoms with Crippen molar-refractivity contribution in [3.63, 3.8) is 0 Å². The van der Waals surface area contributed by atoms with Gasteiger partial charge in [-0.3, -0.25) is 14.3 Å². The lowest BCUT2D eigenvalue weighted by Gasteiger charge is -2.22. The topological polar surface area (TPSA) is 34.9 Å². The van der Waals surface area contributed by atoms with Gasteiger partial charge < -0.3 is 0 Å². The summed E-state index contributed by atoms with van der Waals surface area (Å²) >= 11 is 0. The third-order valence-corrected chi connectivity index (χ3v) is 6.44. The quantitative estimate of drug-likeness (QED) is 0.280. The molecule has 0 saturated carbocycles.